The van der Waals surface area contributed by atoms with E-state index in [1.54, 1.807) is 10.9 Å². The first-order valence-electron chi connectivity index (χ1n) is 7.25. The van der Waals surface area contributed by atoms with Crippen molar-refractivity contribution < 1.29 is 9.53 Å². The second kappa shape index (κ2) is 5.83. The zero-order chi connectivity index (χ0) is 15.6. The molecule has 1 aromatic heterocycles. The van der Waals surface area contributed by atoms with Crippen LogP contribution in [0.3, 0.4) is 0 Å². The number of nitrogens with two attached hydrogens (primary N) is 1. The smallest absolute Gasteiger partial charge is 0.407 e. The van der Waals surface area contributed by atoms with Gasteiger partial charge in [-0.1, -0.05) is 0 Å². The first kappa shape index (κ1) is 15.5. The highest BCUT2D eigenvalue weighted by Crippen LogP contribution is 2.27. The zero-order valence-corrected chi connectivity index (χ0v) is 13.2. The molecule has 1 aromatic rings. The van der Waals surface area contributed by atoms with Gasteiger partial charge >= 0.3 is 6.09 Å². The summed E-state index contributed by atoms with van der Waals surface area (Å²) in [5.74, 6) is 1.35. The minimum Gasteiger partial charge on any atom is -0.444 e. The summed E-state index contributed by atoms with van der Waals surface area (Å²) in [5, 5.41) is 7.00. The minimum absolute atomic E-state index is 0.360. The van der Waals surface area contributed by atoms with Crippen molar-refractivity contribution in [2.45, 2.75) is 32.8 Å². The number of aryl methyl sites for hydroxylation is 1. The number of nitrogens with zero attached hydrogens (tertiary/aromatic N) is 3. The number of hydrogen-bond donors (Lipinski definition) is 2. The standard InChI is InChI=1S/C14H25N5O2/c1-14(2,3)21-13(20)16-7-10-5-6-19(9-10)12-11(15)8-17-18(12)4/h8,10H,5-7,9,15H2,1-4H3,(H,16,20). The van der Waals surface area contributed by atoms with Crippen LogP contribution in [-0.2, 0) is 11.8 Å². The number of carbonyl (C=O) groups is 1. The second-order valence-corrected chi connectivity index (χ2v) is 6.53. The highest BCUT2D eigenvalue weighted by molar-refractivity contribution is 5.67. The van der Waals surface area contributed by atoms with E-state index in [-0.39, 0.29) is 6.09 Å². The van der Waals surface area contributed by atoms with E-state index >= 15 is 0 Å². The average Bonchev–Trinajstić information content (AvgIpc) is 2.92. The topological polar surface area (TPSA) is 85.4 Å². The van der Waals surface area contributed by atoms with Crippen LogP contribution in [0.1, 0.15) is 27.2 Å². The molecule has 0 saturated carbocycles. The van der Waals surface area contributed by atoms with Gasteiger partial charge in [0.25, 0.3) is 0 Å². The molecule has 118 valence electrons. The monoisotopic (exact) mass is 295 g/mol. The number of alkyl carbamates (subject to hydrolysis) is 1. The SMILES string of the molecule is Cn1ncc(N)c1N1CCC(CNC(=O)OC(C)(C)C)C1. The summed E-state index contributed by atoms with van der Waals surface area (Å²) in [6.45, 7) is 7.96. The summed E-state index contributed by atoms with van der Waals surface area (Å²) in [5.41, 5.74) is 6.17. The molecule has 7 heteroatoms. The van der Waals surface area contributed by atoms with E-state index in [0.29, 0.717) is 18.2 Å². The Morgan fingerprint density at radius 1 is 1.57 bits per heavy atom. The molecular weight excluding hydrogens is 270 g/mol. The normalized spacial score (nSPS) is 18.9. The lowest BCUT2D eigenvalue weighted by atomic mass is 10.1. The highest BCUT2D eigenvalue weighted by Gasteiger charge is 2.27. The van der Waals surface area contributed by atoms with Crippen LogP contribution >= 0.6 is 0 Å². The molecule has 21 heavy (non-hydrogen) atoms. The van der Waals surface area contributed by atoms with E-state index in [4.69, 9.17) is 10.5 Å². The number of carbonyl (C=O) groups excluding carboxylic acids is 1. The quantitative estimate of drug-likeness (QED) is 0.879. The van der Waals surface area contributed by atoms with Crippen molar-refractivity contribution in [2.75, 3.05) is 30.3 Å². The number of hydrogen-bond acceptors (Lipinski definition) is 5. The Morgan fingerprint density at radius 2 is 2.29 bits per heavy atom. The maximum Gasteiger partial charge on any atom is 0.407 e. The third kappa shape index (κ3) is 4.03. The number of ether oxygens (including phenoxy) is 1. The molecule has 1 unspecified atom stereocenters. The lowest BCUT2D eigenvalue weighted by Crippen LogP contribution is -2.36. The third-order valence-electron chi connectivity index (χ3n) is 3.45. The van der Waals surface area contributed by atoms with Gasteiger partial charge in [-0.05, 0) is 33.1 Å². The van der Waals surface area contributed by atoms with Crippen molar-refractivity contribution in [1.82, 2.24) is 15.1 Å². The molecule has 0 radical (unpaired) electrons. The molecule has 1 saturated heterocycles. The molecule has 2 rings (SSSR count). The first-order chi connectivity index (χ1) is 9.76. The Kier molecular flexibility index (Phi) is 4.29. The molecule has 0 bridgehead atoms. The van der Waals surface area contributed by atoms with E-state index in [9.17, 15) is 4.79 Å². The summed E-state index contributed by atoms with van der Waals surface area (Å²) in [6.07, 6.45) is 2.32. The summed E-state index contributed by atoms with van der Waals surface area (Å²) >= 11 is 0. The van der Waals surface area contributed by atoms with Crippen LogP contribution in [0.2, 0.25) is 0 Å². The van der Waals surface area contributed by atoms with Crippen LogP contribution in [0.25, 0.3) is 0 Å². The van der Waals surface area contributed by atoms with Gasteiger partial charge in [0.05, 0.1) is 11.9 Å². The molecule has 1 aliphatic rings. The number of amides is 1. The second-order valence-electron chi connectivity index (χ2n) is 6.53. The van der Waals surface area contributed by atoms with Crippen molar-refractivity contribution >= 4 is 17.6 Å². The first-order valence-corrected chi connectivity index (χ1v) is 7.25. The van der Waals surface area contributed by atoms with Gasteiger partial charge in [0.15, 0.2) is 0 Å². The van der Waals surface area contributed by atoms with Crippen molar-refractivity contribution in [3.63, 3.8) is 0 Å². The maximum absolute atomic E-state index is 11.7. The van der Waals surface area contributed by atoms with Crippen molar-refractivity contribution in [1.29, 1.82) is 0 Å². The van der Waals surface area contributed by atoms with E-state index in [0.717, 1.165) is 25.3 Å². The lowest BCUT2D eigenvalue weighted by molar-refractivity contribution is 0.0520. The van der Waals surface area contributed by atoms with Crippen LogP contribution in [0.15, 0.2) is 6.20 Å². The Bertz CT molecular complexity index is 486. The highest BCUT2D eigenvalue weighted by atomic mass is 16.6. The molecule has 0 aliphatic carbocycles. The number of nitrogens with one attached hydrogen (secondary N) is 1. The van der Waals surface area contributed by atoms with Crippen LogP contribution in [0, 0.1) is 5.92 Å². The Labute approximate surface area is 125 Å². The number of anilines is 2. The van der Waals surface area contributed by atoms with Crippen LogP contribution in [-0.4, -0.2) is 41.1 Å². The summed E-state index contributed by atoms with van der Waals surface area (Å²) in [6, 6.07) is 0. The molecule has 7 nitrogen and oxygen atoms in total. The number of rotatable bonds is 3. The van der Waals surface area contributed by atoms with E-state index in [1.807, 2.05) is 27.8 Å². The molecular formula is C14H25N5O2. The Balaban J connectivity index is 1.82. The van der Waals surface area contributed by atoms with Crippen LogP contribution < -0.4 is 16.0 Å². The number of aromatic nitrogens is 2. The van der Waals surface area contributed by atoms with Gasteiger partial charge in [0.1, 0.15) is 11.4 Å². The van der Waals surface area contributed by atoms with E-state index in [2.05, 4.69) is 15.3 Å². The lowest BCUT2D eigenvalue weighted by Gasteiger charge is -2.21. The molecule has 0 aromatic carbocycles. The summed E-state index contributed by atoms with van der Waals surface area (Å²) in [7, 11) is 1.89. The van der Waals surface area contributed by atoms with Gasteiger partial charge in [-0.15, -0.1) is 0 Å². The molecule has 3 N–H and O–H groups in total. The van der Waals surface area contributed by atoms with Gasteiger partial charge < -0.3 is 20.7 Å². The fraction of sp³-hybridized carbons (Fsp3) is 0.714. The van der Waals surface area contributed by atoms with Crippen LogP contribution in [0.5, 0.6) is 0 Å². The molecule has 1 atom stereocenters. The Morgan fingerprint density at radius 3 is 2.86 bits per heavy atom. The van der Waals surface area contributed by atoms with Gasteiger partial charge in [-0.25, -0.2) is 4.79 Å². The van der Waals surface area contributed by atoms with Crippen LogP contribution in [0.4, 0.5) is 16.3 Å². The molecule has 1 fully saturated rings. The molecule has 2 heterocycles. The largest absolute Gasteiger partial charge is 0.444 e. The predicted octanol–water partition coefficient (Wildman–Crippen LogP) is 1.35. The van der Waals surface area contributed by atoms with E-state index < -0.39 is 5.60 Å². The average molecular weight is 295 g/mol. The van der Waals surface area contributed by atoms with Gasteiger partial charge in [0, 0.05) is 26.7 Å². The van der Waals surface area contributed by atoms with Crippen molar-refractivity contribution in [3.05, 3.63) is 6.20 Å². The predicted molar refractivity (Wildman–Crippen MR) is 82.2 cm³/mol. The minimum atomic E-state index is -0.463. The van der Waals surface area contributed by atoms with Gasteiger partial charge in [0.2, 0.25) is 0 Å². The molecule has 0 spiro atoms. The van der Waals surface area contributed by atoms with Gasteiger partial charge in [-0.2, -0.15) is 5.10 Å². The maximum atomic E-state index is 11.7. The van der Waals surface area contributed by atoms with E-state index in [1.165, 1.54) is 0 Å². The summed E-state index contributed by atoms with van der Waals surface area (Å²) < 4.78 is 7.03. The molecule has 1 aliphatic heterocycles. The fourth-order valence-electron chi connectivity index (χ4n) is 2.57. The van der Waals surface area contributed by atoms with Gasteiger partial charge in [-0.3, -0.25) is 4.68 Å². The fourth-order valence-corrected chi connectivity index (χ4v) is 2.57. The number of nitrogen functional groups attached to an aromatic ring is 1. The van der Waals surface area contributed by atoms with Crippen molar-refractivity contribution in [3.8, 4) is 0 Å². The van der Waals surface area contributed by atoms with Crippen molar-refractivity contribution in [2.24, 2.45) is 13.0 Å². The Hall–Kier alpha value is -1.92. The molecule has 1 amide bonds. The zero-order valence-electron chi connectivity index (χ0n) is 13.2. The third-order valence-corrected chi connectivity index (χ3v) is 3.45. The summed E-state index contributed by atoms with van der Waals surface area (Å²) in [4.78, 5) is 13.9.